The molecule has 0 aromatic heterocycles. The molecule has 374 valence electrons. The van der Waals surface area contributed by atoms with Gasteiger partial charge in [0.05, 0.1) is 13.2 Å². The van der Waals surface area contributed by atoms with Gasteiger partial charge in [-0.15, -0.1) is 0 Å². The van der Waals surface area contributed by atoms with E-state index in [1.807, 2.05) is 0 Å². The van der Waals surface area contributed by atoms with E-state index >= 15 is 0 Å². The number of aliphatic hydroxyl groups excluding tert-OH is 4. The van der Waals surface area contributed by atoms with Crippen molar-refractivity contribution in [3.05, 3.63) is 0 Å². The zero-order valence-electron chi connectivity index (χ0n) is 38.6. The number of aliphatic hydroxyl groups is 4. The lowest BCUT2D eigenvalue weighted by Crippen LogP contribution is -2.64. The Morgan fingerprint density at radius 3 is 1.25 bits per heavy atom. The first kappa shape index (κ1) is 60.0. The first-order chi connectivity index (χ1) is 30.2. The molecule has 1 aliphatic rings. The van der Waals surface area contributed by atoms with E-state index in [1.54, 1.807) is 0 Å². The fraction of sp³-hybridized carbons (Fsp3) is 0.955. The number of rotatable bonds is 42. The minimum atomic E-state index is -5.31. The highest BCUT2D eigenvalue weighted by Crippen LogP contribution is 2.53. The summed E-state index contributed by atoms with van der Waals surface area (Å²) in [6.45, 7) is 3.10. The summed E-state index contributed by atoms with van der Waals surface area (Å²) in [6.07, 6.45) is 15.8. The zero-order valence-corrected chi connectivity index (χ0v) is 40.4. The van der Waals surface area contributed by atoms with Gasteiger partial charge in [0.15, 0.2) is 6.10 Å². The van der Waals surface area contributed by atoms with Gasteiger partial charge in [-0.25, -0.2) is 9.13 Å². The largest absolute Gasteiger partial charge is 0.475 e. The van der Waals surface area contributed by atoms with Crippen LogP contribution in [0.5, 0.6) is 0 Å². The number of carbonyl (C=O) groups is 2. The van der Waals surface area contributed by atoms with Crippen LogP contribution in [0.4, 0.5) is 0 Å². The van der Waals surface area contributed by atoms with Gasteiger partial charge in [0.2, 0.25) is 0 Å². The summed E-state index contributed by atoms with van der Waals surface area (Å²) in [4.78, 5) is 44.1. The van der Waals surface area contributed by atoms with Gasteiger partial charge >= 0.3 is 27.6 Å². The highest BCUT2D eigenvalue weighted by Gasteiger charge is 2.54. The van der Waals surface area contributed by atoms with Gasteiger partial charge in [-0.3, -0.25) is 27.7 Å². The van der Waals surface area contributed by atoms with Crippen molar-refractivity contribution in [3.63, 3.8) is 0 Å². The Morgan fingerprint density at radius 2 is 0.873 bits per heavy atom. The van der Waals surface area contributed by atoms with E-state index in [2.05, 4.69) is 18.4 Å². The Morgan fingerprint density at radius 1 is 0.508 bits per heavy atom. The summed E-state index contributed by atoms with van der Waals surface area (Å²) < 4.78 is 57.1. The van der Waals surface area contributed by atoms with Gasteiger partial charge in [-0.05, 0) is 25.8 Å². The maximum atomic E-state index is 14.0. The quantitative estimate of drug-likeness (QED) is 0.0172. The van der Waals surface area contributed by atoms with Gasteiger partial charge in [-0.1, -0.05) is 168 Å². The molecule has 17 nitrogen and oxygen atoms in total. The van der Waals surface area contributed by atoms with Gasteiger partial charge in [0, 0.05) is 12.8 Å². The van der Waals surface area contributed by atoms with E-state index in [-0.39, 0.29) is 32.4 Å². The predicted molar refractivity (Wildman–Crippen MR) is 240 cm³/mol. The second-order valence-corrected chi connectivity index (χ2v) is 19.9. The van der Waals surface area contributed by atoms with Crippen LogP contribution in [-0.2, 0) is 46.3 Å². The molecule has 0 aliphatic heterocycles. The fourth-order valence-electron chi connectivity index (χ4n) is 7.46. The maximum Gasteiger partial charge on any atom is 0.475 e. The minimum absolute atomic E-state index is 0.0798. The third kappa shape index (κ3) is 30.1. The Labute approximate surface area is 378 Å². The smallest absolute Gasteiger partial charge is 0.462 e. The molecule has 0 bridgehead atoms. The van der Waals surface area contributed by atoms with Crippen molar-refractivity contribution >= 4 is 27.6 Å². The third-order valence-corrected chi connectivity index (χ3v) is 13.3. The SMILES string of the molecule is CCCCCCCCCCCCCCCC(=O)OC[C@@H](COP(=O)(OCCCN)OC1[C@H](O)[C@H](O)C(OP(=O)(O)O)[C@H](O)[C@H]1O)OC(=O)CCCCCCCCCCCCCCC. The molecular weight excluding hydrogens is 860 g/mol. The van der Waals surface area contributed by atoms with Crippen molar-refractivity contribution in [2.75, 3.05) is 26.4 Å². The van der Waals surface area contributed by atoms with Crippen LogP contribution in [0, 0.1) is 0 Å². The molecule has 0 spiro atoms. The summed E-state index contributed by atoms with van der Waals surface area (Å²) in [5.41, 5.74) is 5.56. The third-order valence-electron chi connectivity index (χ3n) is 11.3. The summed E-state index contributed by atoms with van der Waals surface area (Å²) in [6, 6.07) is 0. The molecule has 0 aromatic carbocycles. The number of hydrogen-bond acceptors (Lipinski definition) is 15. The van der Waals surface area contributed by atoms with Crippen molar-refractivity contribution < 1.29 is 76.5 Å². The predicted octanol–water partition coefficient (Wildman–Crippen LogP) is 8.21. The lowest BCUT2D eigenvalue weighted by Gasteiger charge is -2.43. The molecule has 1 saturated carbocycles. The molecule has 8 N–H and O–H groups in total. The van der Waals surface area contributed by atoms with Crippen LogP contribution in [0.25, 0.3) is 0 Å². The Balaban J connectivity index is 2.79. The second kappa shape index (κ2) is 37.0. The lowest BCUT2D eigenvalue weighted by molar-refractivity contribution is -0.217. The number of phosphoric acid groups is 2. The van der Waals surface area contributed by atoms with Crippen LogP contribution < -0.4 is 5.73 Å². The number of carbonyl (C=O) groups excluding carboxylic acids is 2. The van der Waals surface area contributed by atoms with Crippen LogP contribution in [0.2, 0.25) is 0 Å². The highest BCUT2D eigenvalue weighted by molar-refractivity contribution is 7.48. The zero-order chi connectivity index (χ0) is 46.8. The van der Waals surface area contributed by atoms with E-state index in [0.717, 1.165) is 44.9 Å². The van der Waals surface area contributed by atoms with Gasteiger partial charge in [0.25, 0.3) is 0 Å². The monoisotopic (exact) mass is 948 g/mol. The molecule has 1 rings (SSSR count). The molecule has 8 atom stereocenters. The highest BCUT2D eigenvalue weighted by atomic mass is 31.2. The molecule has 0 heterocycles. The van der Waals surface area contributed by atoms with Crippen LogP contribution in [0.1, 0.15) is 200 Å². The first-order valence-electron chi connectivity index (χ1n) is 24.3. The van der Waals surface area contributed by atoms with E-state index in [0.29, 0.717) is 12.8 Å². The molecule has 0 saturated heterocycles. The van der Waals surface area contributed by atoms with Crippen LogP contribution >= 0.6 is 15.6 Å². The second-order valence-electron chi connectivity index (χ2n) is 17.1. The Kier molecular flexibility index (Phi) is 35.2. The molecule has 3 unspecified atom stereocenters. The number of hydrogen-bond donors (Lipinski definition) is 7. The molecule has 0 amide bonds. The molecule has 1 fully saturated rings. The van der Waals surface area contributed by atoms with E-state index < -0.39 is 83.5 Å². The van der Waals surface area contributed by atoms with Crippen LogP contribution in [0.3, 0.4) is 0 Å². The van der Waals surface area contributed by atoms with E-state index in [9.17, 15) is 48.9 Å². The average Bonchev–Trinajstić information content (AvgIpc) is 3.24. The fourth-order valence-corrected chi connectivity index (χ4v) is 9.48. The molecule has 0 aromatic rings. The standard InChI is InChI=1S/C44H87NO16P2/c1-3-5-7-9-11-13-15-17-19-21-23-25-27-30-37(46)56-34-36(59-38(47)31-28-26-24-22-20-18-16-14-12-10-8-6-4-2)35-58-63(55,57-33-29-32-45)61-44-41(50)39(48)43(40(49)42(44)51)60-62(52,53)54/h36,39-44,48-51H,3-35,45H2,1-2H3,(H2,52,53,54)/t36-,39-,40+,41+,42+,43?,44?,63?/m0/s1. The van der Waals surface area contributed by atoms with Crippen molar-refractivity contribution in [2.24, 2.45) is 5.73 Å². The average molecular weight is 948 g/mol. The van der Waals surface area contributed by atoms with Gasteiger partial charge in [0.1, 0.15) is 43.2 Å². The maximum absolute atomic E-state index is 14.0. The summed E-state index contributed by atoms with van der Waals surface area (Å²) in [5, 5.41) is 42.5. The first-order valence-corrected chi connectivity index (χ1v) is 27.3. The van der Waals surface area contributed by atoms with E-state index in [4.69, 9.17) is 28.8 Å². The van der Waals surface area contributed by atoms with Crippen LogP contribution in [-0.4, -0.2) is 111 Å². The number of esters is 2. The summed E-state index contributed by atoms with van der Waals surface area (Å²) in [5.74, 6) is -1.11. The number of ether oxygens (including phenoxy) is 2. The summed E-state index contributed by atoms with van der Waals surface area (Å²) >= 11 is 0. The van der Waals surface area contributed by atoms with Crippen LogP contribution in [0.15, 0.2) is 0 Å². The molecule has 1 aliphatic carbocycles. The Hall–Kier alpha value is -1.04. The van der Waals surface area contributed by atoms with Crippen molar-refractivity contribution in [1.82, 2.24) is 0 Å². The van der Waals surface area contributed by atoms with Gasteiger partial charge < -0.3 is 45.4 Å². The topological polar surface area (TPSA) is 271 Å². The van der Waals surface area contributed by atoms with Crippen molar-refractivity contribution in [3.8, 4) is 0 Å². The van der Waals surface area contributed by atoms with Crippen molar-refractivity contribution in [2.45, 2.75) is 243 Å². The normalized spacial score (nSPS) is 21.9. The Bertz CT molecular complexity index is 1230. The number of phosphoric ester groups is 2. The molecule has 0 radical (unpaired) electrons. The molecule has 63 heavy (non-hydrogen) atoms. The molecule has 19 heteroatoms. The minimum Gasteiger partial charge on any atom is -0.462 e. The van der Waals surface area contributed by atoms with Crippen molar-refractivity contribution in [1.29, 1.82) is 0 Å². The molecular formula is C44H87NO16P2. The lowest BCUT2D eigenvalue weighted by atomic mass is 9.85. The summed E-state index contributed by atoms with van der Waals surface area (Å²) in [7, 11) is -10.2. The number of nitrogens with two attached hydrogens (primary N) is 1. The van der Waals surface area contributed by atoms with Gasteiger partial charge in [-0.2, -0.15) is 0 Å². The van der Waals surface area contributed by atoms with E-state index in [1.165, 1.54) is 109 Å². The number of unbranched alkanes of at least 4 members (excludes halogenated alkanes) is 24.